The fourth-order valence-electron chi connectivity index (χ4n) is 2.71. The second-order valence-electron chi connectivity index (χ2n) is 5.41. The predicted octanol–water partition coefficient (Wildman–Crippen LogP) is 3.27. The molecule has 0 amide bonds. The van der Waals surface area contributed by atoms with Crippen molar-refractivity contribution >= 4 is 0 Å². The molecule has 2 atom stereocenters. The van der Waals surface area contributed by atoms with E-state index in [2.05, 4.69) is 11.9 Å². The molecule has 18 heavy (non-hydrogen) atoms. The summed E-state index contributed by atoms with van der Waals surface area (Å²) in [5.74, 6) is 1.46. The maximum absolute atomic E-state index is 10.8. The fourth-order valence-corrected chi connectivity index (χ4v) is 2.71. The van der Waals surface area contributed by atoms with E-state index in [4.69, 9.17) is 4.74 Å². The summed E-state index contributed by atoms with van der Waals surface area (Å²) < 4.78 is 5.46. The molecule has 2 rings (SSSR count). The molecule has 1 heterocycles. The summed E-state index contributed by atoms with van der Waals surface area (Å²) in [6.07, 6.45) is 8.50. The fraction of sp³-hybridized carbons (Fsp3) is 0.667. The Morgan fingerprint density at radius 1 is 1.39 bits per heavy atom. The summed E-state index contributed by atoms with van der Waals surface area (Å²) >= 11 is 0. The van der Waals surface area contributed by atoms with E-state index >= 15 is 0 Å². The number of hydrogen-bond donors (Lipinski definition) is 1. The maximum atomic E-state index is 10.8. The molecule has 0 spiro atoms. The zero-order valence-corrected chi connectivity index (χ0v) is 11.4. The smallest absolute Gasteiger partial charge is 0.137 e. The highest BCUT2D eigenvalue weighted by molar-refractivity contribution is 5.28. The van der Waals surface area contributed by atoms with Crippen LogP contribution in [0.5, 0.6) is 5.75 Å². The lowest BCUT2D eigenvalue weighted by molar-refractivity contribution is 0.0192. The molecule has 2 unspecified atom stereocenters. The number of pyridine rings is 1. The second-order valence-corrected chi connectivity index (χ2v) is 5.41. The number of rotatable bonds is 3. The molecule has 100 valence electrons. The molecule has 3 nitrogen and oxygen atoms in total. The minimum atomic E-state index is -0.717. The highest BCUT2D eigenvalue weighted by Gasteiger charge is 2.32. The Morgan fingerprint density at radius 3 is 3.00 bits per heavy atom. The Hall–Kier alpha value is -1.09. The van der Waals surface area contributed by atoms with Gasteiger partial charge in [-0.15, -0.1) is 0 Å². The van der Waals surface area contributed by atoms with Crippen molar-refractivity contribution in [3.05, 3.63) is 24.0 Å². The van der Waals surface area contributed by atoms with Gasteiger partial charge in [0.2, 0.25) is 0 Å². The summed E-state index contributed by atoms with van der Waals surface area (Å²) in [5, 5.41) is 10.8. The molecule has 1 fully saturated rings. The molecular weight excluding hydrogens is 226 g/mol. The predicted molar refractivity (Wildman–Crippen MR) is 71.6 cm³/mol. The summed E-state index contributed by atoms with van der Waals surface area (Å²) in [5.41, 5.74) is 0.188. The SMILES string of the molecule is CCOc1cncc(C2(O)CCCC(C)CC2)c1. The van der Waals surface area contributed by atoms with Gasteiger partial charge in [0, 0.05) is 11.8 Å². The molecule has 0 radical (unpaired) electrons. The van der Waals surface area contributed by atoms with Crippen LogP contribution in [0.2, 0.25) is 0 Å². The van der Waals surface area contributed by atoms with Gasteiger partial charge in [0.1, 0.15) is 5.75 Å². The molecule has 1 aliphatic rings. The number of ether oxygens (including phenoxy) is 1. The van der Waals surface area contributed by atoms with Crippen LogP contribution in [-0.4, -0.2) is 16.7 Å². The van der Waals surface area contributed by atoms with Crippen LogP contribution in [-0.2, 0) is 5.60 Å². The van der Waals surface area contributed by atoms with Gasteiger partial charge >= 0.3 is 0 Å². The third-order valence-corrected chi connectivity index (χ3v) is 3.90. The van der Waals surface area contributed by atoms with E-state index in [9.17, 15) is 5.11 Å². The van der Waals surface area contributed by atoms with Gasteiger partial charge in [-0.05, 0) is 44.6 Å². The lowest BCUT2D eigenvalue weighted by Crippen LogP contribution is -2.25. The first-order valence-corrected chi connectivity index (χ1v) is 6.95. The van der Waals surface area contributed by atoms with Crippen LogP contribution < -0.4 is 4.74 Å². The molecule has 1 aromatic heterocycles. The summed E-state index contributed by atoms with van der Waals surface area (Å²) in [6, 6.07) is 1.94. The Kier molecular flexibility index (Phi) is 4.23. The minimum absolute atomic E-state index is 0.626. The third-order valence-electron chi connectivity index (χ3n) is 3.90. The van der Waals surface area contributed by atoms with Gasteiger partial charge in [0.05, 0.1) is 18.4 Å². The van der Waals surface area contributed by atoms with Crippen molar-refractivity contribution in [2.45, 2.75) is 51.6 Å². The van der Waals surface area contributed by atoms with Gasteiger partial charge in [0.25, 0.3) is 0 Å². The number of nitrogens with zero attached hydrogens (tertiary/aromatic N) is 1. The second kappa shape index (κ2) is 5.70. The average Bonchev–Trinajstić information content (AvgIpc) is 2.54. The van der Waals surface area contributed by atoms with Crippen molar-refractivity contribution in [3.63, 3.8) is 0 Å². The summed E-state index contributed by atoms with van der Waals surface area (Å²) in [4.78, 5) is 4.19. The Morgan fingerprint density at radius 2 is 2.22 bits per heavy atom. The highest BCUT2D eigenvalue weighted by Crippen LogP contribution is 2.38. The minimum Gasteiger partial charge on any atom is -0.492 e. The maximum Gasteiger partial charge on any atom is 0.137 e. The van der Waals surface area contributed by atoms with Gasteiger partial charge in [-0.1, -0.05) is 13.3 Å². The molecule has 0 bridgehead atoms. The topological polar surface area (TPSA) is 42.4 Å². The standard InChI is InChI=1S/C15H23NO2/c1-3-18-14-9-13(10-16-11-14)15(17)7-4-5-12(2)6-8-15/h9-12,17H,3-8H2,1-2H3. The van der Waals surface area contributed by atoms with Crippen molar-refractivity contribution in [3.8, 4) is 5.75 Å². The van der Waals surface area contributed by atoms with Crippen LogP contribution in [0.4, 0.5) is 0 Å². The zero-order chi connectivity index (χ0) is 13.0. The van der Waals surface area contributed by atoms with Gasteiger partial charge in [-0.3, -0.25) is 4.98 Å². The molecule has 0 aliphatic heterocycles. The first kappa shape index (κ1) is 13.3. The lowest BCUT2D eigenvalue weighted by atomic mass is 9.87. The number of aliphatic hydroxyl groups is 1. The van der Waals surface area contributed by atoms with Crippen LogP contribution >= 0.6 is 0 Å². The largest absolute Gasteiger partial charge is 0.492 e. The van der Waals surface area contributed by atoms with Crippen LogP contribution in [0.25, 0.3) is 0 Å². The highest BCUT2D eigenvalue weighted by atomic mass is 16.5. The van der Waals surface area contributed by atoms with E-state index in [0.29, 0.717) is 12.5 Å². The average molecular weight is 249 g/mol. The molecule has 1 aromatic rings. The summed E-state index contributed by atoms with van der Waals surface area (Å²) in [7, 11) is 0. The van der Waals surface area contributed by atoms with E-state index in [-0.39, 0.29) is 0 Å². The molecule has 0 saturated heterocycles. The van der Waals surface area contributed by atoms with Gasteiger partial charge in [-0.25, -0.2) is 0 Å². The Balaban J connectivity index is 2.20. The summed E-state index contributed by atoms with van der Waals surface area (Å²) in [6.45, 7) is 4.84. The van der Waals surface area contributed by atoms with Crippen LogP contribution in [0.1, 0.15) is 51.5 Å². The first-order valence-electron chi connectivity index (χ1n) is 6.95. The molecular formula is C15H23NO2. The third kappa shape index (κ3) is 3.02. The van der Waals surface area contributed by atoms with Crippen molar-refractivity contribution in [2.75, 3.05) is 6.61 Å². The molecule has 3 heteroatoms. The van der Waals surface area contributed by atoms with E-state index in [0.717, 1.165) is 37.0 Å². The normalized spacial score (nSPS) is 28.7. The van der Waals surface area contributed by atoms with Crippen LogP contribution in [0, 0.1) is 5.92 Å². The van der Waals surface area contributed by atoms with Crippen molar-refractivity contribution in [2.24, 2.45) is 5.92 Å². The van der Waals surface area contributed by atoms with E-state index in [1.807, 2.05) is 13.0 Å². The quantitative estimate of drug-likeness (QED) is 0.836. The number of aromatic nitrogens is 1. The monoisotopic (exact) mass is 249 g/mol. The van der Waals surface area contributed by atoms with Gasteiger partial charge < -0.3 is 9.84 Å². The first-order chi connectivity index (χ1) is 8.64. The Labute approximate surface area is 109 Å². The van der Waals surface area contributed by atoms with Gasteiger partial charge in [-0.2, -0.15) is 0 Å². The van der Waals surface area contributed by atoms with E-state index in [1.165, 1.54) is 6.42 Å². The van der Waals surface area contributed by atoms with E-state index < -0.39 is 5.60 Å². The van der Waals surface area contributed by atoms with Crippen LogP contribution in [0.15, 0.2) is 18.5 Å². The van der Waals surface area contributed by atoms with Crippen molar-refractivity contribution < 1.29 is 9.84 Å². The van der Waals surface area contributed by atoms with Gasteiger partial charge in [0.15, 0.2) is 0 Å². The zero-order valence-electron chi connectivity index (χ0n) is 11.4. The molecule has 1 aliphatic carbocycles. The molecule has 0 aromatic carbocycles. The Bertz CT molecular complexity index is 394. The number of hydrogen-bond acceptors (Lipinski definition) is 3. The molecule has 1 saturated carbocycles. The molecule has 1 N–H and O–H groups in total. The van der Waals surface area contributed by atoms with Crippen molar-refractivity contribution in [1.82, 2.24) is 4.98 Å². The van der Waals surface area contributed by atoms with E-state index in [1.54, 1.807) is 12.4 Å². The van der Waals surface area contributed by atoms with Crippen molar-refractivity contribution in [1.29, 1.82) is 0 Å². The van der Waals surface area contributed by atoms with Crippen LogP contribution in [0.3, 0.4) is 0 Å². The lowest BCUT2D eigenvalue weighted by Gasteiger charge is -2.27.